The zero-order valence-electron chi connectivity index (χ0n) is 17.9. The van der Waals surface area contributed by atoms with Crippen LogP contribution in [0.3, 0.4) is 0 Å². The molecule has 0 aliphatic carbocycles. The van der Waals surface area contributed by atoms with Crippen molar-refractivity contribution in [2.75, 3.05) is 13.6 Å². The Labute approximate surface area is 184 Å². The van der Waals surface area contributed by atoms with E-state index in [2.05, 4.69) is 20.6 Å². The van der Waals surface area contributed by atoms with Crippen molar-refractivity contribution >= 4 is 33.4 Å². The summed E-state index contributed by atoms with van der Waals surface area (Å²) in [5.74, 6) is -0.551. The van der Waals surface area contributed by atoms with Gasteiger partial charge in [-0.25, -0.2) is 9.67 Å². The molecule has 31 heavy (non-hydrogen) atoms. The molecule has 1 aromatic carbocycles. The lowest BCUT2D eigenvalue weighted by atomic mass is 9.85. The van der Waals surface area contributed by atoms with Crippen molar-refractivity contribution in [1.82, 2.24) is 30.2 Å². The van der Waals surface area contributed by atoms with E-state index in [1.807, 2.05) is 45.0 Å². The van der Waals surface area contributed by atoms with Gasteiger partial charge in [0.2, 0.25) is 11.8 Å². The molecule has 1 aliphatic heterocycles. The lowest BCUT2D eigenvalue weighted by Gasteiger charge is -2.34. The SMILES string of the molecule is CNC(=O)[C@H]1CC(O)CN1C(=O)C(n1cc(-c2nc3ccccc3s2)nn1)C(C)(C)C. The Balaban J connectivity index is 1.67. The maximum Gasteiger partial charge on any atom is 0.248 e. The number of thiazole rings is 1. The standard InChI is InChI=1S/C21H26N6O3S/c1-21(2,3)17(20(30)26-10-12(28)9-15(26)18(29)22-4)27-11-14(24-25-27)19-23-13-7-5-6-8-16(13)31-19/h5-8,11-12,15,17,28H,9-10H2,1-4H3,(H,22,29)/t12?,15-,17?/m1/s1. The summed E-state index contributed by atoms with van der Waals surface area (Å²) in [6.45, 7) is 5.94. The number of β-amino-alcohol motifs (C(OH)–C–C–N with tert-alkyl or cyclic N) is 1. The maximum absolute atomic E-state index is 13.6. The van der Waals surface area contributed by atoms with Gasteiger partial charge in [-0.05, 0) is 17.5 Å². The smallest absolute Gasteiger partial charge is 0.248 e. The second kappa shape index (κ2) is 8.01. The molecule has 1 fully saturated rings. The molecule has 0 radical (unpaired) electrons. The number of carbonyl (C=O) groups excluding carboxylic acids is 2. The number of aliphatic hydroxyl groups excluding tert-OH is 1. The van der Waals surface area contributed by atoms with Gasteiger partial charge in [0, 0.05) is 20.0 Å². The largest absolute Gasteiger partial charge is 0.391 e. The van der Waals surface area contributed by atoms with Crippen molar-refractivity contribution in [2.24, 2.45) is 5.41 Å². The Morgan fingerprint density at radius 1 is 1.29 bits per heavy atom. The molecule has 0 spiro atoms. The number of nitrogens with zero attached hydrogens (tertiary/aromatic N) is 5. The van der Waals surface area contributed by atoms with Crippen LogP contribution in [0.15, 0.2) is 30.5 Å². The van der Waals surface area contributed by atoms with Gasteiger partial charge >= 0.3 is 0 Å². The first-order chi connectivity index (χ1) is 14.7. The van der Waals surface area contributed by atoms with E-state index in [1.165, 1.54) is 23.3 Å². The van der Waals surface area contributed by atoms with Crippen LogP contribution < -0.4 is 5.32 Å². The molecule has 3 atom stereocenters. The molecule has 9 nitrogen and oxygen atoms in total. The first-order valence-corrected chi connectivity index (χ1v) is 11.0. The zero-order chi connectivity index (χ0) is 22.3. The molecule has 2 aromatic heterocycles. The third kappa shape index (κ3) is 4.05. The minimum Gasteiger partial charge on any atom is -0.391 e. The Bertz CT molecular complexity index is 1080. The molecule has 0 saturated carbocycles. The molecule has 164 valence electrons. The van der Waals surface area contributed by atoms with E-state index in [0.29, 0.717) is 5.69 Å². The summed E-state index contributed by atoms with van der Waals surface area (Å²) in [6.07, 6.45) is 1.21. The van der Waals surface area contributed by atoms with Gasteiger partial charge in [0.05, 0.1) is 22.5 Å². The number of aromatic nitrogens is 4. The molecule has 10 heteroatoms. The molecule has 4 rings (SSSR count). The number of aliphatic hydroxyl groups is 1. The number of amides is 2. The van der Waals surface area contributed by atoms with Crippen LogP contribution in [0.4, 0.5) is 0 Å². The summed E-state index contributed by atoms with van der Waals surface area (Å²) in [5, 5.41) is 22.0. The van der Waals surface area contributed by atoms with Crippen LogP contribution in [0.5, 0.6) is 0 Å². The number of fused-ring (bicyclic) bond motifs is 1. The fraction of sp³-hybridized carbons (Fsp3) is 0.476. The van der Waals surface area contributed by atoms with Crippen LogP contribution in [0, 0.1) is 5.41 Å². The molecule has 1 aliphatic rings. The van der Waals surface area contributed by atoms with Gasteiger partial charge in [-0.1, -0.05) is 38.1 Å². The quantitative estimate of drug-likeness (QED) is 0.638. The fourth-order valence-electron chi connectivity index (χ4n) is 3.99. The molecule has 2 N–H and O–H groups in total. The molecular formula is C21H26N6O3S. The van der Waals surface area contributed by atoms with Gasteiger partial charge < -0.3 is 15.3 Å². The van der Waals surface area contributed by atoms with Crippen LogP contribution in [-0.2, 0) is 9.59 Å². The number of benzene rings is 1. The average Bonchev–Trinajstić information content (AvgIpc) is 3.43. The number of rotatable bonds is 4. The van der Waals surface area contributed by atoms with E-state index >= 15 is 0 Å². The minimum absolute atomic E-state index is 0.114. The third-order valence-corrected chi connectivity index (χ3v) is 6.51. The van der Waals surface area contributed by atoms with Crippen molar-refractivity contribution in [1.29, 1.82) is 0 Å². The van der Waals surface area contributed by atoms with Gasteiger partial charge in [-0.3, -0.25) is 9.59 Å². The van der Waals surface area contributed by atoms with E-state index in [-0.39, 0.29) is 24.8 Å². The van der Waals surface area contributed by atoms with Crippen LogP contribution in [0.25, 0.3) is 20.9 Å². The van der Waals surface area contributed by atoms with E-state index in [9.17, 15) is 14.7 Å². The average molecular weight is 443 g/mol. The summed E-state index contributed by atoms with van der Waals surface area (Å²) in [4.78, 5) is 32.0. The van der Waals surface area contributed by atoms with Gasteiger partial charge in [0.15, 0.2) is 0 Å². The first-order valence-electron chi connectivity index (χ1n) is 10.2. The molecule has 3 aromatic rings. The van der Waals surface area contributed by atoms with Crippen LogP contribution >= 0.6 is 11.3 Å². The molecule has 2 amide bonds. The summed E-state index contributed by atoms with van der Waals surface area (Å²) < 4.78 is 2.60. The van der Waals surface area contributed by atoms with E-state index in [1.54, 1.807) is 10.9 Å². The van der Waals surface area contributed by atoms with Gasteiger partial charge in [-0.15, -0.1) is 16.4 Å². The number of nitrogens with one attached hydrogen (secondary N) is 1. The number of hydrogen-bond donors (Lipinski definition) is 2. The van der Waals surface area contributed by atoms with Crippen molar-refractivity contribution in [3.8, 4) is 10.7 Å². The molecule has 3 heterocycles. The number of carbonyl (C=O) groups is 2. The lowest BCUT2D eigenvalue weighted by molar-refractivity contribution is -0.144. The zero-order valence-corrected chi connectivity index (χ0v) is 18.8. The Morgan fingerprint density at radius 3 is 2.71 bits per heavy atom. The van der Waals surface area contributed by atoms with E-state index < -0.39 is 23.6 Å². The summed E-state index contributed by atoms with van der Waals surface area (Å²) >= 11 is 1.52. The van der Waals surface area contributed by atoms with Gasteiger partial charge in [0.1, 0.15) is 22.8 Å². The Morgan fingerprint density at radius 2 is 2.03 bits per heavy atom. The highest BCUT2D eigenvalue weighted by atomic mass is 32.1. The van der Waals surface area contributed by atoms with E-state index in [0.717, 1.165) is 15.2 Å². The maximum atomic E-state index is 13.6. The van der Waals surface area contributed by atoms with Crippen LogP contribution in [0.2, 0.25) is 0 Å². The molecule has 2 unspecified atom stereocenters. The monoisotopic (exact) mass is 442 g/mol. The van der Waals surface area contributed by atoms with E-state index in [4.69, 9.17) is 0 Å². The fourth-order valence-corrected chi connectivity index (χ4v) is 4.91. The topological polar surface area (TPSA) is 113 Å². The van der Waals surface area contributed by atoms with Gasteiger partial charge in [0.25, 0.3) is 0 Å². The van der Waals surface area contributed by atoms with Gasteiger partial charge in [-0.2, -0.15) is 0 Å². The van der Waals surface area contributed by atoms with Crippen molar-refractivity contribution in [3.05, 3.63) is 30.5 Å². The second-order valence-corrected chi connectivity index (χ2v) is 9.88. The summed E-state index contributed by atoms with van der Waals surface area (Å²) in [6, 6.07) is 6.44. The Kier molecular flexibility index (Phi) is 5.52. The predicted octanol–water partition coefficient (Wildman–Crippen LogP) is 1.85. The van der Waals surface area contributed by atoms with Crippen LogP contribution in [-0.4, -0.2) is 67.5 Å². The minimum atomic E-state index is -0.735. The predicted molar refractivity (Wildman–Crippen MR) is 117 cm³/mol. The molecule has 0 bridgehead atoms. The van der Waals surface area contributed by atoms with Crippen LogP contribution in [0.1, 0.15) is 33.2 Å². The third-order valence-electron chi connectivity index (χ3n) is 5.45. The number of likely N-dealkylation sites (N-methyl/N-ethyl adjacent to an activating group) is 1. The number of hydrogen-bond acceptors (Lipinski definition) is 7. The Hall–Kier alpha value is -2.85. The number of likely N-dealkylation sites (tertiary alicyclic amines) is 1. The molecule has 1 saturated heterocycles. The van der Waals surface area contributed by atoms with Crippen molar-refractivity contribution < 1.29 is 14.7 Å². The highest BCUT2D eigenvalue weighted by Gasteiger charge is 2.45. The highest BCUT2D eigenvalue weighted by molar-refractivity contribution is 7.21. The van der Waals surface area contributed by atoms with Crippen molar-refractivity contribution in [2.45, 2.75) is 45.4 Å². The highest BCUT2D eigenvalue weighted by Crippen LogP contribution is 2.35. The van der Waals surface area contributed by atoms with Crippen molar-refractivity contribution in [3.63, 3.8) is 0 Å². The summed E-state index contributed by atoms with van der Waals surface area (Å²) in [7, 11) is 1.53. The second-order valence-electron chi connectivity index (χ2n) is 8.85. The summed E-state index contributed by atoms with van der Waals surface area (Å²) in [5.41, 5.74) is 0.976. The lowest BCUT2D eigenvalue weighted by Crippen LogP contribution is -2.49. The number of para-hydroxylation sites is 1. The molecular weight excluding hydrogens is 416 g/mol. The first kappa shape index (κ1) is 21.4. The normalized spacial score (nSPS) is 20.2.